The number of anilines is 1. The molecule has 1 heterocycles. The van der Waals surface area contributed by atoms with Crippen LogP contribution in [0.15, 0.2) is 41.3 Å². The van der Waals surface area contributed by atoms with E-state index in [2.05, 4.69) is 5.32 Å². The van der Waals surface area contributed by atoms with E-state index in [0.717, 1.165) is 0 Å². The van der Waals surface area contributed by atoms with Gasteiger partial charge in [-0.2, -0.15) is 0 Å². The maximum Gasteiger partial charge on any atom is 0.255 e. The Morgan fingerprint density at radius 2 is 2.00 bits per heavy atom. The van der Waals surface area contributed by atoms with E-state index in [1.165, 1.54) is 41.1 Å². The molecule has 19 heavy (non-hydrogen) atoms. The van der Waals surface area contributed by atoms with Crippen molar-refractivity contribution in [2.45, 2.75) is 6.92 Å². The van der Waals surface area contributed by atoms with Gasteiger partial charge in [-0.25, -0.2) is 4.39 Å². The number of pyridine rings is 1. The number of nitrogens with one attached hydrogen (secondary N) is 1. The lowest BCUT2D eigenvalue weighted by Crippen LogP contribution is -2.18. The smallest absolute Gasteiger partial charge is 0.255 e. The summed E-state index contributed by atoms with van der Waals surface area (Å²) in [7, 11) is 1.60. The van der Waals surface area contributed by atoms with Crippen molar-refractivity contribution in [3.05, 3.63) is 63.8 Å². The molecule has 0 saturated carbocycles. The molecule has 5 heteroatoms. The van der Waals surface area contributed by atoms with Crippen molar-refractivity contribution in [3.8, 4) is 0 Å². The predicted octanol–water partition coefficient (Wildman–Crippen LogP) is 2.09. The summed E-state index contributed by atoms with van der Waals surface area (Å²) in [4.78, 5) is 23.2. The van der Waals surface area contributed by atoms with Crippen LogP contribution in [0, 0.1) is 12.7 Å². The number of aromatic nitrogens is 1. The zero-order valence-electron chi connectivity index (χ0n) is 10.6. The number of carbonyl (C=O) groups excluding carboxylic acids is 1. The van der Waals surface area contributed by atoms with E-state index in [4.69, 9.17) is 0 Å². The fraction of sp³-hybridized carbons (Fsp3) is 0.143. The molecule has 0 aliphatic heterocycles. The first-order valence-corrected chi connectivity index (χ1v) is 5.71. The molecule has 2 aromatic rings. The van der Waals surface area contributed by atoms with Gasteiger partial charge in [-0.15, -0.1) is 0 Å². The van der Waals surface area contributed by atoms with Crippen LogP contribution in [-0.4, -0.2) is 10.5 Å². The summed E-state index contributed by atoms with van der Waals surface area (Å²) in [5.41, 5.74) is 1.13. The van der Waals surface area contributed by atoms with Crippen molar-refractivity contribution >= 4 is 11.6 Å². The Balaban J connectivity index is 2.22. The van der Waals surface area contributed by atoms with Crippen LogP contribution in [0.1, 0.15) is 15.9 Å². The van der Waals surface area contributed by atoms with Crippen molar-refractivity contribution in [2.24, 2.45) is 7.05 Å². The van der Waals surface area contributed by atoms with Gasteiger partial charge in [0.15, 0.2) is 0 Å². The molecule has 0 spiro atoms. The standard InChI is InChI=1S/C14H13FN2O2/c1-9-7-10(3-5-12(9)15)14(19)16-11-4-6-13(18)17(2)8-11/h3-8H,1-2H3,(H,16,19). The van der Waals surface area contributed by atoms with Crippen LogP contribution in [0.5, 0.6) is 0 Å². The lowest BCUT2D eigenvalue weighted by Gasteiger charge is -2.07. The number of hydrogen-bond acceptors (Lipinski definition) is 2. The lowest BCUT2D eigenvalue weighted by molar-refractivity contribution is 0.102. The first kappa shape index (κ1) is 13.0. The molecule has 2 rings (SSSR count). The number of carbonyl (C=O) groups is 1. The molecule has 0 aliphatic rings. The summed E-state index contributed by atoms with van der Waals surface area (Å²) >= 11 is 0. The van der Waals surface area contributed by atoms with Crippen molar-refractivity contribution in [1.29, 1.82) is 0 Å². The van der Waals surface area contributed by atoms with Gasteiger partial charge in [0.2, 0.25) is 5.56 Å². The van der Waals surface area contributed by atoms with Crippen molar-refractivity contribution in [2.75, 3.05) is 5.32 Å². The van der Waals surface area contributed by atoms with Gasteiger partial charge in [-0.05, 0) is 36.8 Å². The molecule has 1 N–H and O–H groups in total. The number of amides is 1. The average Bonchev–Trinajstić information content (AvgIpc) is 2.37. The number of benzene rings is 1. The molecule has 0 atom stereocenters. The molecule has 0 unspecified atom stereocenters. The van der Waals surface area contributed by atoms with Crippen LogP contribution in [0.25, 0.3) is 0 Å². The number of nitrogens with zero attached hydrogens (tertiary/aromatic N) is 1. The summed E-state index contributed by atoms with van der Waals surface area (Å²) in [5.74, 6) is -0.694. The maximum atomic E-state index is 13.1. The van der Waals surface area contributed by atoms with E-state index in [1.807, 2.05) is 0 Å². The molecule has 0 aliphatic carbocycles. The first-order chi connectivity index (χ1) is 8.97. The summed E-state index contributed by atoms with van der Waals surface area (Å²) in [6.07, 6.45) is 1.52. The average molecular weight is 260 g/mol. The Hall–Kier alpha value is -2.43. The molecule has 0 radical (unpaired) electrons. The second-order valence-electron chi connectivity index (χ2n) is 4.29. The van der Waals surface area contributed by atoms with Gasteiger partial charge in [0.1, 0.15) is 5.82 Å². The number of halogens is 1. The Kier molecular flexibility index (Phi) is 3.46. The third-order valence-electron chi connectivity index (χ3n) is 2.76. The van der Waals surface area contributed by atoms with E-state index in [9.17, 15) is 14.0 Å². The second-order valence-corrected chi connectivity index (χ2v) is 4.29. The van der Waals surface area contributed by atoms with E-state index in [0.29, 0.717) is 16.8 Å². The molecule has 1 aromatic carbocycles. The van der Waals surface area contributed by atoms with Crippen LogP contribution < -0.4 is 10.9 Å². The third kappa shape index (κ3) is 2.88. The predicted molar refractivity (Wildman–Crippen MR) is 70.8 cm³/mol. The molecule has 98 valence electrons. The Bertz CT molecular complexity index is 692. The van der Waals surface area contributed by atoms with Crippen LogP contribution >= 0.6 is 0 Å². The topological polar surface area (TPSA) is 51.1 Å². The van der Waals surface area contributed by atoms with E-state index >= 15 is 0 Å². The molecule has 1 aromatic heterocycles. The van der Waals surface area contributed by atoms with Crippen LogP contribution in [0.4, 0.5) is 10.1 Å². The highest BCUT2D eigenvalue weighted by Gasteiger charge is 2.08. The van der Waals surface area contributed by atoms with Gasteiger partial charge in [0.25, 0.3) is 5.91 Å². The molecular weight excluding hydrogens is 247 g/mol. The SMILES string of the molecule is Cc1cc(C(=O)Nc2ccc(=O)n(C)c2)ccc1F. The van der Waals surface area contributed by atoms with Gasteiger partial charge in [0.05, 0.1) is 5.69 Å². The minimum absolute atomic E-state index is 0.157. The zero-order valence-corrected chi connectivity index (χ0v) is 10.6. The van der Waals surface area contributed by atoms with Gasteiger partial charge in [-0.1, -0.05) is 0 Å². The molecule has 1 amide bonds. The van der Waals surface area contributed by atoms with Crippen LogP contribution in [-0.2, 0) is 7.05 Å². The quantitative estimate of drug-likeness (QED) is 0.898. The highest BCUT2D eigenvalue weighted by Crippen LogP contribution is 2.11. The van der Waals surface area contributed by atoms with Crippen molar-refractivity contribution in [1.82, 2.24) is 4.57 Å². The summed E-state index contributed by atoms with van der Waals surface area (Å²) in [5, 5.41) is 2.65. The summed E-state index contributed by atoms with van der Waals surface area (Å²) in [6.45, 7) is 1.60. The fourth-order valence-electron chi connectivity index (χ4n) is 1.66. The molecule has 0 fully saturated rings. The minimum atomic E-state index is -0.348. The fourth-order valence-corrected chi connectivity index (χ4v) is 1.66. The second kappa shape index (κ2) is 5.06. The van der Waals surface area contributed by atoms with E-state index in [1.54, 1.807) is 14.0 Å². The Labute approximate surface area is 109 Å². The minimum Gasteiger partial charge on any atom is -0.321 e. The highest BCUT2D eigenvalue weighted by molar-refractivity contribution is 6.04. The van der Waals surface area contributed by atoms with Gasteiger partial charge in [-0.3, -0.25) is 9.59 Å². The third-order valence-corrected chi connectivity index (χ3v) is 2.76. The zero-order chi connectivity index (χ0) is 14.0. The number of rotatable bonds is 2. The molecule has 0 saturated heterocycles. The van der Waals surface area contributed by atoms with Gasteiger partial charge in [0, 0.05) is 24.9 Å². The molecule has 4 nitrogen and oxygen atoms in total. The first-order valence-electron chi connectivity index (χ1n) is 5.71. The Morgan fingerprint density at radius 1 is 1.26 bits per heavy atom. The summed E-state index contributed by atoms with van der Waals surface area (Å²) in [6, 6.07) is 7.04. The number of hydrogen-bond donors (Lipinski definition) is 1. The highest BCUT2D eigenvalue weighted by atomic mass is 19.1. The monoisotopic (exact) mass is 260 g/mol. The van der Waals surface area contributed by atoms with Crippen LogP contribution in [0.3, 0.4) is 0 Å². The van der Waals surface area contributed by atoms with Gasteiger partial charge < -0.3 is 9.88 Å². The van der Waals surface area contributed by atoms with Crippen molar-refractivity contribution in [3.63, 3.8) is 0 Å². The Morgan fingerprint density at radius 3 is 2.63 bits per heavy atom. The van der Waals surface area contributed by atoms with E-state index < -0.39 is 0 Å². The number of aryl methyl sites for hydroxylation is 2. The lowest BCUT2D eigenvalue weighted by atomic mass is 10.1. The molecule has 0 bridgehead atoms. The molecular formula is C14H13FN2O2. The van der Waals surface area contributed by atoms with Crippen molar-refractivity contribution < 1.29 is 9.18 Å². The van der Waals surface area contributed by atoms with E-state index in [-0.39, 0.29) is 17.3 Å². The van der Waals surface area contributed by atoms with Crippen LogP contribution in [0.2, 0.25) is 0 Å². The largest absolute Gasteiger partial charge is 0.321 e. The summed E-state index contributed by atoms with van der Waals surface area (Å²) < 4.78 is 14.5. The normalized spacial score (nSPS) is 10.3. The maximum absolute atomic E-state index is 13.1. The van der Waals surface area contributed by atoms with Gasteiger partial charge >= 0.3 is 0 Å².